The predicted octanol–water partition coefficient (Wildman–Crippen LogP) is 1.84. The van der Waals surface area contributed by atoms with Crippen LogP contribution < -0.4 is 5.32 Å². The molecule has 0 atom stereocenters. The lowest BCUT2D eigenvalue weighted by molar-refractivity contribution is 0.0963. The fraction of sp³-hybridized carbons (Fsp3) is 0.133. The molecule has 3 rings (SSSR count). The highest BCUT2D eigenvalue weighted by molar-refractivity contribution is 5.93. The zero-order valence-corrected chi connectivity index (χ0v) is 11.1. The zero-order chi connectivity index (χ0) is 13.9. The Morgan fingerprint density at radius 2 is 2.00 bits per heavy atom. The molecule has 0 saturated heterocycles. The first-order valence-electron chi connectivity index (χ1n) is 6.35. The number of fused-ring (bicyclic) bond motifs is 1. The standard InChI is InChI=1S/C15H14N4O/c1-16-15(20)12-6-4-11(5-7-12)9-19-10-18-13-3-2-8-17-14(13)19/h2-8,10H,9H2,1H3,(H,16,20). The van der Waals surface area contributed by atoms with Gasteiger partial charge >= 0.3 is 0 Å². The summed E-state index contributed by atoms with van der Waals surface area (Å²) in [5.74, 6) is -0.0775. The zero-order valence-electron chi connectivity index (χ0n) is 11.1. The fourth-order valence-electron chi connectivity index (χ4n) is 2.12. The van der Waals surface area contributed by atoms with Gasteiger partial charge in [-0.05, 0) is 29.8 Å². The van der Waals surface area contributed by atoms with Crippen molar-refractivity contribution in [2.24, 2.45) is 0 Å². The highest BCUT2D eigenvalue weighted by Gasteiger charge is 2.05. The van der Waals surface area contributed by atoms with Gasteiger partial charge in [-0.2, -0.15) is 0 Å². The van der Waals surface area contributed by atoms with E-state index in [0.29, 0.717) is 12.1 Å². The molecular formula is C15H14N4O. The monoisotopic (exact) mass is 266 g/mol. The molecule has 0 aliphatic carbocycles. The minimum Gasteiger partial charge on any atom is -0.355 e. The van der Waals surface area contributed by atoms with Crippen molar-refractivity contribution in [1.82, 2.24) is 19.9 Å². The first kappa shape index (κ1) is 12.3. The van der Waals surface area contributed by atoms with Crippen molar-refractivity contribution in [3.8, 4) is 0 Å². The van der Waals surface area contributed by atoms with Gasteiger partial charge in [-0.3, -0.25) is 4.79 Å². The number of nitrogens with zero attached hydrogens (tertiary/aromatic N) is 3. The first-order chi connectivity index (χ1) is 9.78. The van der Waals surface area contributed by atoms with Gasteiger partial charge in [0.05, 0.1) is 12.9 Å². The summed E-state index contributed by atoms with van der Waals surface area (Å²) in [4.78, 5) is 20.1. The third-order valence-electron chi connectivity index (χ3n) is 3.17. The second kappa shape index (κ2) is 5.13. The predicted molar refractivity (Wildman–Crippen MR) is 76.5 cm³/mol. The summed E-state index contributed by atoms with van der Waals surface area (Å²) in [5, 5.41) is 2.61. The van der Waals surface area contributed by atoms with Gasteiger partial charge in [0.25, 0.3) is 5.91 Å². The quantitative estimate of drug-likeness (QED) is 0.787. The molecule has 0 aliphatic heterocycles. The van der Waals surface area contributed by atoms with E-state index in [-0.39, 0.29) is 5.91 Å². The summed E-state index contributed by atoms with van der Waals surface area (Å²) >= 11 is 0. The number of pyridine rings is 1. The van der Waals surface area contributed by atoms with Gasteiger partial charge in [0, 0.05) is 18.8 Å². The van der Waals surface area contributed by atoms with E-state index in [2.05, 4.69) is 15.3 Å². The number of carbonyl (C=O) groups is 1. The van der Waals surface area contributed by atoms with Gasteiger partial charge in [0.1, 0.15) is 5.52 Å². The normalized spacial score (nSPS) is 10.7. The van der Waals surface area contributed by atoms with Crippen LogP contribution in [0.3, 0.4) is 0 Å². The Balaban J connectivity index is 1.86. The average molecular weight is 266 g/mol. The molecule has 5 heteroatoms. The van der Waals surface area contributed by atoms with Crippen LogP contribution in [0.25, 0.3) is 11.2 Å². The molecule has 20 heavy (non-hydrogen) atoms. The largest absolute Gasteiger partial charge is 0.355 e. The Morgan fingerprint density at radius 3 is 2.75 bits per heavy atom. The molecule has 2 aromatic heterocycles. The summed E-state index contributed by atoms with van der Waals surface area (Å²) in [6.07, 6.45) is 3.54. The molecule has 100 valence electrons. The summed E-state index contributed by atoms with van der Waals surface area (Å²) < 4.78 is 1.99. The maximum atomic E-state index is 11.5. The third kappa shape index (κ3) is 2.25. The van der Waals surface area contributed by atoms with E-state index in [4.69, 9.17) is 0 Å². The number of rotatable bonds is 3. The number of nitrogens with one attached hydrogen (secondary N) is 1. The van der Waals surface area contributed by atoms with Gasteiger partial charge in [0.15, 0.2) is 5.65 Å². The molecule has 1 amide bonds. The molecule has 1 aromatic carbocycles. The number of imidazole rings is 1. The van der Waals surface area contributed by atoms with Crippen LogP contribution in [-0.2, 0) is 6.54 Å². The lowest BCUT2D eigenvalue weighted by Gasteiger charge is -2.05. The Kier molecular flexibility index (Phi) is 3.16. The van der Waals surface area contributed by atoms with Crippen LogP contribution in [0.15, 0.2) is 48.9 Å². The molecule has 0 radical (unpaired) electrons. The third-order valence-corrected chi connectivity index (χ3v) is 3.17. The first-order valence-corrected chi connectivity index (χ1v) is 6.35. The van der Waals surface area contributed by atoms with Crippen LogP contribution in [0.4, 0.5) is 0 Å². The molecule has 3 aromatic rings. The summed E-state index contributed by atoms with van der Waals surface area (Å²) in [6.45, 7) is 0.682. The number of hydrogen-bond donors (Lipinski definition) is 1. The van der Waals surface area contributed by atoms with E-state index in [1.54, 1.807) is 19.6 Å². The highest BCUT2D eigenvalue weighted by atomic mass is 16.1. The van der Waals surface area contributed by atoms with E-state index in [1.165, 1.54) is 0 Å². The molecule has 5 nitrogen and oxygen atoms in total. The molecule has 0 fully saturated rings. The highest BCUT2D eigenvalue weighted by Crippen LogP contribution is 2.12. The number of hydrogen-bond acceptors (Lipinski definition) is 3. The van der Waals surface area contributed by atoms with E-state index in [9.17, 15) is 4.79 Å². The number of benzene rings is 1. The van der Waals surface area contributed by atoms with Gasteiger partial charge in [-0.15, -0.1) is 0 Å². The maximum absolute atomic E-state index is 11.5. The Morgan fingerprint density at radius 1 is 1.20 bits per heavy atom. The average Bonchev–Trinajstić information content (AvgIpc) is 2.91. The van der Waals surface area contributed by atoms with Crippen molar-refractivity contribution in [2.75, 3.05) is 7.05 Å². The van der Waals surface area contributed by atoms with Crippen molar-refractivity contribution in [3.05, 3.63) is 60.0 Å². The van der Waals surface area contributed by atoms with Crippen molar-refractivity contribution >= 4 is 17.1 Å². The minimum atomic E-state index is -0.0775. The van der Waals surface area contributed by atoms with Crippen LogP contribution in [0.5, 0.6) is 0 Å². The summed E-state index contributed by atoms with van der Waals surface area (Å²) in [5.41, 5.74) is 3.50. The van der Waals surface area contributed by atoms with Crippen LogP contribution in [0.1, 0.15) is 15.9 Å². The number of aromatic nitrogens is 3. The lowest BCUT2D eigenvalue weighted by Crippen LogP contribution is -2.17. The SMILES string of the molecule is CNC(=O)c1ccc(Cn2cnc3cccnc32)cc1. The van der Waals surface area contributed by atoms with Gasteiger partial charge < -0.3 is 9.88 Å². The van der Waals surface area contributed by atoms with Crippen molar-refractivity contribution in [3.63, 3.8) is 0 Å². The van der Waals surface area contributed by atoms with Gasteiger partial charge in [0.2, 0.25) is 0 Å². The van der Waals surface area contributed by atoms with Crippen molar-refractivity contribution in [2.45, 2.75) is 6.54 Å². The van der Waals surface area contributed by atoms with E-state index in [1.807, 2.05) is 41.0 Å². The van der Waals surface area contributed by atoms with Crippen molar-refractivity contribution < 1.29 is 4.79 Å². The Labute approximate surface area is 116 Å². The smallest absolute Gasteiger partial charge is 0.251 e. The maximum Gasteiger partial charge on any atom is 0.251 e. The second-order valence-corrected chi connectivity index (χ2v) is 4.49. The van der Waals surface area contributed by atoms with E-state index in [0.717, 1.165) is 16.7 Å². The van der Waals surface area contributed by atoms with Gasteiger partial charge in [-0.1, -0.05) is 12.1 Å². The van der Waals surface area contributed by atoms with E-state index >= 15 is 0 Å². The van der Waals surface area contributed by atoms with Crippen molar-refractivity contribution in [1.29, 1.82) is 0 Å². The molecular weight excluding hydrogens is 252 g/mol. The lowest BCUT2D eigenvalue weighted by atomic mass is 10.1. The van der Waals surface area contributed by atoms with E-state index < -0.39 is 0 Å². The van der Waals surface area contributed by atoms with Crippen LogP contribution >= 0.6 is 0 Å². The van der Waals surface area contributed by atoms with Crippen LogP contribution in [0.2, 0.25) is 0 Å². The van der Waals surface area contributed by atoms with Gasteiger partial charge in [-0.25, -0.2) is 9.97 Å². The molecule has 0 aliphatic rings. The minimum absolute atomic E-state index is 0.0775. The topological polar surface area (TPSA) is 59.8 Å². The van der Waals surface area contributed by atoms with Crippen LogP contribution in [-0.4, -0.2) is 27.5 Å². The Bertz CT molecular complexity index is 746. The summed E-state index contributed by atoms with van der Waals surface area (Å²) in [6, 6.07) is 11.3. The molecule has 0 saturated carbocycles. The molecule has 2 heterocycles. The second-order valence-electron chi connectivity index (χ2n) is 4.49. The number of amides is 1. The molecule has 0 bridgehead atoms. The summed E-state index contributed by atoms with van der Waals surface area (Å²) in [7, 11) is 1.62. The number of carbonyl (C=O) groups excluding carboxylic acids is 1. The Hall–Kier alpha value is -2.69. The molecule has 0 unspecified atom stereocenters. The molecule has 0 spiro atoms. The van der Waals surface area contributed by atoms with Crippen LogP contribution in [0, 0.1) is 0 Å². The fourth-order valence-corrected chi connectivity index (χ4v) is 2.12. The molecule has 1 N–H and O–H groups in total.